The topological polar surface area (TPSA) is 71.8 Å². The molecule has 2 aromatic carbocycles. The molecule has 0 saturated carbocycles. The van der Waals surface area contributed by atoms with Crippen LogP contribution in [0.5, 0.6) is 0 Å². The largest absolute Gasteiger partial charge is 0.416 e. The average Bonchev–Trinajstić information content (AvgIpc) is 3.16. The number of alkyl halides is 3. The second kappa shape index (κ2) is 7.71. The average molecular weight is 389 g/mol. The number of carbonyl (C=O) groups excluding carboxylic acids is 1. The quantitative estimate of drug-likeness (QED) is 0.693. The first kappa shape index (κ1) is 19.4. The van der Waals surface area contributed by atoms with E-state index < -0.39 is 17.6 Å². The van der Waals surface area contributed by atoms with Crippen LogP contribution in [-0.2, 0) is 11.0 Å². The predicted molar refractivity (Wildman–Crippen MR) is 99.4 cm³/mol. The molecule has 0 fully saturated rings. The number of aryl methyl sites for hydroxylation is 1. The van der Waals surface area contributed by atoms with Gasteiger partial charge in [-0.25, -0.2) is 9.67 Å². The van der Waals surface area contributed by atoms with Crippen LogP contribution in [-0.4, -0.2) is 27.2 Å². The van der Waals surface area contributed by atoms with E-state index in [1.54, 1.807) is 0 Å². The van der Waals surface area contributed by atoms with Gasteiger partial charge in [0.25, 0.3) is 0 Å². The zero-order valence-corrected chi connectivity index (χ0v) is 15.2. The van der Waals surface area contributed by atoms with Crippen molar-refractivity contribution >= 4 is 17.3 Å². The predicted octanol–water partition coefficient (Wildman–Crippen LogP) is 3.95. The molecule has 2 N–H and O–H groups in total. The smallest absolute Gasteiger partial charge is 0.376 e. The molecule has 0 aliphatic heterocycles. The third kappa shape index (κ3) is 4.30. The summed E-state index contributed by atoms with van der Waals surface area (Å²) in [6.45, 7) is 3.77. The fourth-order valence-corrected chi connectivity index (χ4v) is 2.66. The van der Waals surface area contributed by atoms with E-state index in [4.69, 9.17) is 0 Å². The molecule has 0 aliphatic rings. The summed E-state index contributed by atoms with van der Waals surface area (Å²) in [5.74, 6) is -0.485. The maximum absolute atomic E-state index is 13.1. The number of benzene rings is 2. The summed E-state index contributed by atoms with van der Waals surface area (Å²) in [7, 11) is 0. The van der Waals surface area contributed by atoms with Gasteiger partial charge < -0.3 is 10.6 Å². The molecule has 0 atom stereocenters. The van der Waals surface area contributed by atoms with Crippen LogP contribution in [0.3, 0.4) is 0 Å². The molecule has 0 radical (unpaired) electrons. The highest BCUT2D eigenvalue weighted by Crippen LogP contribution is 2.33. The first-order chi connectivity index (χ1) is 13.3. The summed E-state index contributed by atoms with van der Waals surface area (Å²) in [5, 5.41) is 9.45. The normalized spacial score (nSPS) is 11.3. The molecule has 146 valence electrons. The molecule has 0 spiro atoms. The molecular formula is C19H18F3N5O. The maximum atomic E-state index is 13.1. The summed E-state index contributed by atoms with van der Waals surface area (Å²) in [6.07, 6.45) is -1.94. The molecule has 1 heterocycles. The van der Waals surface area contributed by atoms with Gasteiger partial charge in [-0.2, -0.15) is 18.3 Å². The highest BCUT2D eigenvalue weighted by Gasteiger charge is 2.31. The number of halogens is 3. The molecule has 9 heteroatoms. The van der Waals surface area contributed by atoms with Gasteiger partial charge >= 0.3 is 6.18 Å². The minimum atomic E-state index is -4.53. The molecule has 3 aromatic rings. The summed E-state index contributed by atoms with van der Waals surface area (Å²) in [6, 6.07) is 8.70. The summed E-state index contributed by atoms with van der Waals surface area (Å²) < 4.78 is 40.5. The van der Waals surface area contributed by atoms with E-state index in [9.17, 15) is 18.0 Å². The van der Waals surface area contributed by atoms with E-state index in [0.29, 0.717) is 0 Å². The molecule has 3 rings (SSSR count). The van der Waals surface area contributed by atoms with Gasteiger partial charge in [0.2, 0.25) is 5.91 Å². The molecule has 1 aromatic heterocycles. The molecule has 0 unspecified atom stereocenters. The van der Waals surface area contributed by atoms with Gasteiger partial charge in [0.15, 0.2) is 0 Å². The Kier molecular flexibility index (Phi) is 5.34. The van der Waals surface area contributed by atoms with Crippen LogP contribution < -0.4 is 10.6 Å². The van der Waals surface area contributed by atoms with Gasteiger partial charge in [-0.3, -0.25) is 4.79 Å². The highest BCUT2D eigenvalue weighted by atomic mass is 19.4. The molecule has 0 bridgehead atoms. The number of nitrogens with zero attached hydrogens (tertiary/aromatic N) is 3. The third-order valence-electron chi connectivity index (χ3n) is 4.31. The maximum Gasteiger partial charge on any atom is 0.416 e. The van der Waals surface area contributed by atoms with Crippen molar-refractivity contribution in [2.75, 3.05) is 17.2 Å². The Bertz CT molecular complexity index is 984. The Labute approximate surface area is 159 Å². The molecule has 28 heavy (non-hydrogen) atoms. The fourth-order valence-electron chi connectivity index (χ4n) is 2.66. The first-order valence-corrected chi connectivity index (χ1v) is 8.42. The van der Waals surface area contributed by atoms with Crippen molar-refractivity contribution in [2.24, 2.45) is 0 Å². The van der Waals surface area contributed by atoms with Crippen LogP contribution in [0.15, 0.2) is 49.1 Å². The summed E-state index contributed by atoms with van der Waals surface area (Å²) in [5.41, 5.74) is 2.26. The number of nitrogens with one attached hydrogen (secondary N) is 2. The minimum Gasteiger partial charge on any atom is -0.376 e. The lowest BCUT2D eigenvalue weighted by Crippen LogP contribution is -2.23. The van der Waals surface area contributed by atoms with Crippen LogP contribution in [0.2, 0.25) is 0 Å². The standard InChI is InChI=1S/C19H18F3N5O/c1-12-4-3-5-15(13(12)2)24-9-18(28)26-16-8-14(19(20,21)22)6-7-17(16)27-11-23-10-25-27/h3-8,10-11,24H,9H2,1-2H3,(H,26,28). The van der Waals surface area contributed by atoms with Gasteiger partial charge in [0.05, 0.1) is 23.5 Å². The molecule has 0 saturated heterocycles. The molecule has 1 amide bonds. The van der Waals surface area contributed by atoms with E-state index >= 15 is 0 Å². The zero-order chi connectivity index (χ0) is 20.3. The first-order valence-electron chi connectivity index (χ1n) is 8.42. The Balaban J connectivity index is 1.81. The molecular weight excluding hydrogens is 371 g/mol. The van der Waals surface area contributed by atoms with E-state index in [2.05, 4.69) is 20.7 Å². The fraction of sp³-hybridized carbons (Fsp3) is 0.211. The summed E-state index contributed by atoms with van der Waals surface area (Å²) >= 11 is 0. The van der Waals surface area contributed by atoms with Crippen molar-refractivity contribution in [3.05, 3.63) is 65.7 Å². The monoisotopic (exact) mass is 389 g/mol. The number of anilines is 2. The summed E-state index contributed by atoms with van der Waals surface area (Å²) in [4.78, 5) is 16.2. The van der Waals surface area contributed by atoms with Crippen LogP contribution >= 0.6 is 0 Å². The van der Waals surface area contributed by atoms with Gasteiger partial charge in [0.1, 0.15) is 12.7 Å². The highest BCUT2D eigenvalue weighted by molar-refractivity contribution is 5.95. The lowest BCUT2D eigenvalue weighted by molar-refractivity contribution is -0.137. The second-order valence-electron chi connectivity index (χ2n) is 6.22. The van der Waals surface area contributed by atoms with Crippen LogP contribution in [0.1, 0.15) is 16.7 Å². The van der Waals surface area contributed by atoms with Crippen molar-refractivity contribution in [3.8, 4) is 5.69 Å². The van der Waals surface area contributed by atoms with Gasteiger partial charge in [-0.1, -0.05) is 12.1 Å². The second-order valence-corrected chi connectivity index (χ2v) is 6.22. The van der Waals surface area contributed by atoms with Crippen molar-refractivity contribution in [1.29, 1.82) is 0 Å². The SMILES string of the molecule is Cc1cccc(NCC(=O)Nc2cc(C(F)(F)F)ccc2-n2cncn2)c1C. The lowest BCUT2D eigenvalue weighted by atomic mass is 10.1. The van der Waals surface area contributed by atoms with Crippen LogP contribution in [0.25, 0.3) is 5.69 Å². The van der Waals surface area contributed by atoms with Crippen molar-refractivity contribution < 1.29 is 18.0 Å². The number of carbonyl (C=O) groups is 1. The number of aromatic nitrogens is 3. The van der Waals surface area contributed by atoms with Crippen LogP contribution in [0, 0.1) is 13.8 Å². The van der Waals surface area contributed by atoms with Crippen molar-refractivity contribution in [2.45, 2.75) is 20.0 Å². The van der Waals surface area contributed by atoms with E-state index in [0.717, 1.165) is 28.9 Å². The molecule has 6 nitrogen and oxygen atoms in total. The Hall–Kier alpha value is -3.36. The van der Waals surface area contributed by atoms with Gasteiger partial charge in [-0.05, 0) is 49.2 Å². The Morgan fingerprint density at radius 3 is 2.61 bits per heavy atom. The van der Waals surface area contributed by atoms with Crippen molar-refractivity contribution in [3.63, 3.8) is 0 Å². The Morgan fingerprint density at radius 2 is 1.93 bits per heavy atom. The number of rotatable bonds is 5. The Morgan fingerprint density at radius 1 is 1.14 bits per heavy atom. The minimum absolute atomic E-state index is 0.00640. The zero-order valence-electron chi connectivity index (χ0n) is 15.2. The van der Waals surface area contributed by atoms with Gasteiger partial charge in [0, 0.05) is 5.69 Å². The number of hydrogen-bond acceptors (Lipinski definition) is 4. The number of hydrogen-bond donors (Lipinski definition) is 2. The lowest BCUT2D eigenvalue weighted by Gasteiger charge is -2.15. The molecule has 0 aliphatic carbocycles. The van der Waals surface area contributed by atoms with Crippen molar-refractivity contribution in [1.82, 2.24) is 14.8 Å². The van der Waals surface area contributed by atoms with E-state index in [-0.39, 0.29) is 17.9 Å². The van der Waals surface area contributed by atoms with E-state index in [1.807, 2.05) is 32.0 Å². The van der Waals surface area contributed by atoms with E-state index in [1.165, 1.54) is 23.4 Å². The van der Waals surface area contributed by atoms with Gasteiger partial charge in [-0.15, -0.1) is 0 Å². The van der Waals surface area contributed by atoms with Crippen LogP contribution in [0.4, 0.5) is 24.5 Å². The number of amides is 1. The third-order valence-corrected chi connectivity index (χ3v) is 4.31.